The number of hydrogen-bond donors (Lipinski definition) is 2. The van der Waals surface area contributed by atoms with Crippen LogP contribution in [0.1, 0.15) is 30.9 Å². The third-order valence-corrected chi connectivity index (χ3v) is 3.76. The minimum absolute atomic E-state index is 0.641. The average molecular weight is 366 g/mol. The maximum atomic E-state index is 5.92. The van der Waals surface area contributed by atoms with E-state index in [1.807, 2.05) is 0 Å². The highest BCUT2D eigenvalue weighted by molar-refractivity contribution is 5.79. The lowest BCUT2D eigenvalue weighted by atomic mass is 10.1. The zero-order chi connectivity index (χ0) is 19.0. The number of rotatable bonds is 13. The first-order chi connectivity index (χ1) is 12.7. The lowest BCUT2D eigenvalue weighted by Gasteiger charge is -2.13. The van der Waals surface area contributed by atoms with Crippen molar-refractivity contribution >= 4 is 5.96 Å². The Hall–Kier alpha value is -1.79. The minimum Gasteiger partial charge on any atom is -0.493 e. The molecule has 0 unspecified atom stereocenters. The Kier molecular flexibility index (Phi) is 12.3. The van der Waals surface area contributed by atoms with Crippen molar-refractivity contribution in [3.05, 3.63) is 29.3 Å². The molecular formula is C20H35N3O3. The van der Waals surface area contributed by atoms with Gasteiger partial charge in [-0.3, -0.25) is 4.99 Å². The van der Waals surface area contributed by atoms with Gasteiger partial charge >= 0.3 is 0 Å². The molecule has 1 aromatic carbocycles. The van der Waals surface area contributed by atoms with Gasteiger partial charge < -0.3 is 24.8 Å². The lowest BCUT2D eigenvalue weighted by Crippen LogP contribution is -2.38. The Labute approximate surface area is 158 Å². The summed E-state index contributed by atoms with van der Waals surface area (Å²) in [7, 11) is 1.68. The number of aliphatic imine (C=N–C) groups is 1. The molecule has 2 N–H and O–H groups in total. The van der Waals surface area contributed by atoms with Gasteiger partial charge in [0, 0.05) is 39.8 Å². The van der Waals surface area contributed by atoms with Crippen LogP contribution in [0.5, 0.6) is 5.75 Å². The minimum atomic E-state index is 0.641. The largest absolute Gasteiger partial charge is 0.493 e. The molecule has 0 fully saturated rings. The number of nitrogens with one attached hydrogen (secondary N) is 2. The molecule has 0 aromatic heterocycles. The normalized spacial score (nSPS) is 11.5. The highest BCUT2D eigenvalue weighted by atomic mass is 16.5. The van der Waals surface area contributed by atoms with Gasteiger partial charge in [0.25, 0.3) is 0 Å². The average Bonchev–Trinajstić information content (AvgIpc) is 2.62. The Morgan fingerprint density at radius 3 is 2.46 bits per heavy atom. The molecule has 26 heavy (non-hydrogen) atoms. The number of hydrogen-bond acceptors (Lipinski definition) is 4. The SMILES string of the molecule is CCNC(=NCCCOc1c(C)cccc1C)NCCCOCCOC. The highest BCUT2D eigenvalue weighted by Gasteiger charge is 2.02. The van der Waals surface area contributed by atoms with E-state index >= 15 is 0 Å². The summed E-state index contributed by atoms with van der Waals surface area (Å²) in [4.78, 5) is 4.59. The molecule has 0 aliphatic rings. The third kappa shape index (κ3) is 9.63. The number of guanidine groups is 1. The van der Waals surface area contributed by atoms with Crippen molar-refractivity contribution in [1.29, 1.82) is 0 Å². The van der Waals surface area contributed by atoms with E-state index in [0.717, 1.165) is 50.8 Å². The van der Waals surface area contributed by atoms with E-state index in [0.29, 0.717) is 19.8 Å². The number of aryl methyl sites for hydroxylation is 2. The molecule has 0 saturated heterocycles. The summed E-state index contributed by atoms with van der Waals surface area (Å²) >= 11 is 0. The van der Waals surface area contributed by atoms with E-state index in [2.05, 4.69) is 54.6 Å². The maximum absolute atomic E-state index is 5.92. The maximum Gasteiger partial charge on any atom is 0.191 e. The van der Waals surface area contributed by atoms with Crippen molar-refractivity contribution in [2.45, 2.75) is 33.6 Å². The predicted molar refractivity (Wildman–Crippen MR) is 107 cm³/mol. The molecule has 0 amide bonds. The van der Waals surface area contributed by atoms with Crippen LogP contribution in [0.25, 0.3) is 0 Å². The van der Waals surface area contributed by atoms with Crippen molar-refractivity contribution in [3.63, 3.8) is 0 Å². The summed E-state index contributed by atoms with van der Waals surface area (Å²) in [5, 5.41) is 6.58. The van der Waals surface area contributed by atoms with Crippen LogP contribution in [-0.4, -0.2) is 59.1 Å². The molecule has 0 atom stereocenters. The van der Waals surface area contributed by atoms with Crippen LogP contribution in [0.3, 0.4) is 0 Å². The van der Waals surface area contributed by atoms with Gasteiger partial charge in [-0.15, -0.1) is 0 Å². The zero-order valence-electron chi connectivity index (χ0n) is 16.8. The molecule has 0 bridgehead atoms. The zero-order valence-corrected chi connectivity index (χ0v) is 16.8. The second kappa shape index (κ2) is 14.4. The van der Waals surface area contributed by atoms with Gasteiger partial charge in [0.15, 0.2) is 5.96 Å². The van der Waals surface area contributed by atoms with Crippen LogP contribution in [0.15, 0.2) is 23.2 Å². The highest BCUT2D eigenvalue weighted by Crippen LogP contribution is 2.22. The quantitative estimate of drug-likeness (QED) is 0.320. The summed E-state index contributed by atoms with van der Waals surface area (Å²) in [6, 6.07) is 6.21. The summed E-state index contributed by atoms with van der Waals surface area (Å²) in [6.07, 6.45) is 1.81. The van der Waals surface area contributed by atoms with Crippen molar-refractivity contribution in [1.82, 2.24) is 10.6 Å². The molecule has 6 nitrogen and oxygen atoms in total. The Bertz CT molecular complexity index is 501. The molecule has 0 aliphatic carbocycles. The topological polar surface area (TPSA) is 64.1 Å². The lowest BCUT2D eigenvalue weighted by molar-refractivity contribution is 0.0698. The van der Waals surface area contributed by atoms with E-state index < -0.39 is 0 Å². The fourth-order valence-corrected chi connectivity index (χ4v) is 2.42. The summed E-state index contributed by atoms with van der Waals surface area (Å²) in [5.74, 6) is 1.84. The molecule has 0 heterocycles. The first-order valence-corrected chi connectivity index (χ1v) is 9.47. The van der Waals surface area contributed by atoms with Crippen LogP contribution in [-0.2, 0) is 9.47 Å². The van der Waals surface area contributed by atoms with E-state index in [9.17, 15) is 0 Å². The molecule has 148 valence electrons. The number of nitrogens with zero attached hydrogens (tertiary/aromatic N) is 1. The van der Waals surface area contributed by atoms with Gasteiger partial charge in [0.1, 0.15) is 5.75 Å². The molecule has 0 spiro atoms. The monoisotopic (exact) mass is 365 g/mol. The Morgan fingerprint density at radius 1 is 1.00 bits per heavy atom. The summed E-state index contributed by atoms with van der Waals surface area (Å²) < 4.78 is 16.3. The molecular weight excluding hydrogens is 330 g/mol. The van der Waals surface area contributed by atoms with Crippen molar-refractivity contribution < 1.29 is 14.2 Å². The molecule has 1 aromatic rings. The number of para-hydroxylation sites is 1. The fourth-order valence-electron chi connectivity index (χ4n) is 2.42. The third-order valence-electron chi connectivity index (χ3n) is 3.76. The standard InChI is InChI=1S/C20H35N3O3/c1-5-21-20(22-11-7-13-25-16-15-24-4)23-12-8-14-26-19-17(2)9-6-10-18(19)3/h6,9-10H,5,7-8,11-16H2,1-4H3,(H2,21,22,23). The van der Waals surface area contributed by atoms with Gasteiger partial charge in [-0.25, -0.2) is 0 Å². The predicted octanol–water partition coefficient (Wildman–Crippen LogP) is 2.68. The number of benzene rings is 1. The first-order valence-electron chi connectivity index (χ1n) is 9.47. The van der Waals surface area contributed by atoms with Crippen molar-refractivity contribution in [2.24, 2.45) is 4.99 Å². The fraction of sp³-hybridized carbons (Fsp3) is 0.650. The Morgan fingerprint density at radius 2 is 1.77 bits per heavy atom. The molecule has 6 heteroatoms. The summed E-state index contributed by atoms with van der Waals surface area (Å²) in [6.45, 7) is 11.3. The van der Waals surface area contributed by atoms with Crippen molar-refractivity contribution in [2.75, 3.05) is 53.2 Å². The second-order valence-electron chi connectivity index (χ2n) is 6.07. The van der Waals surface area contributed by atoms with Crippen LogP contribution in [0.2, 0.25) is 0 Å². The van der Waals surface area contributed by atoms with Gasteiger partial charge in [0.2, 0.25) is 0 Å². The van der Waals surface area contributed by atoms with E-state index in [-0.39, 0.29) is 0 Å². The van der Waals surface area contributed by atoms with Gasteiger partial charge in [-0.05, 0) is 38.3 Å². The first kappa shape index (κ1) is 22.3. The number of methoxy groups -OCH3 is 1. The van der Waals surface area contributed by atoms with Gasteiger partial charge in [-0.2, -0.15) is 0 Å². The summed E-state index contributed by atoms with van der Waals surface area (Å²) in [5.41, 5.74) is 2.35. The van der Waals surface area contributed by atoms with Crippen LogP contribution < -0.4 is 15.4 Å². The molecule has 0 radical (unpaired) electrons. The smallest absolute Gasteiger partial charge is 0.191 e. The molecule has 0 aliphatic heterocycles. The van der Waals surface area contributed by atoms with E-state index in [1.165, 1.54) is 11.1 Å². The van der Waals surface area contributed by atoms with Crippen LogP contribution in [0.4, 0.5) is 0 Å². The molecule has 0 saturated carbocycles. The van der Waals surface area contributed by atoms with Gasteiger partial charge in [-0.1, -0.05) is 18.2 Å². The second-order valence-corrected chi connectivity index (χ2v) is 6.07. The van der Waals surface area contributed by atoms with E-state index in [4.69, 9.17) is 14.2 Å². The van der Waals surface area contributed by atoms with Crippen LogP contribution in [0, 0.1) is 13.8 Å². The van der Waals surface area contributed by atoms with E-state index in [1.54, 1.807) is 7.11 Å². The number of ether oxygens (including phenoxy) is 3. The van der Waals surface area contributed by atoms with Gasteiger partial charge in [0.05, 0.1) is 19.8 Å². The Balaban J connectivity index is 2.22. The van der Waals surface area contributed by atoms with Crippen LogP contribution >= 0.6 is 0 Å². The van der Waals surface area contributed by atoms with Crippen molar-refractivity contribution in [3.8, 4) is 5.75 Å². The molecule has 1 rings (SSSR count).